The number of pyridine rings is 1. The maximum absolute atomic E-state index is 12.6. The van der Waals surface area contributed by atoms with Gasteiger partial charge in [0.1, 0.15) is 5.03 Å². The van der Waals surface area contributed by atoms with Crippen molar-refractivity contribution in [3.8, 4) is 0 Å². The van der Waals surface area contributed by atoms with E-state index in [0.717, 1.165) is 25.7 Å². The molecule has 0 saturated carbocycles. The molecule has 3 rings (SSSR count). The maximum Gasteiger partial charge on any atom is 0.290 e. The van der Waals surface area contributed by atoms with Crippen LogP contribution in [0.3, 0.4) is 0 Å². The molecule has 0 fully saturated rings. The van der Waals surface area contributed by atoms with Gasteiger partial charge < -0.3 is 0 Å². The summed E-state index contributed by atoms with van der Waals surface area (Å²) in [5.74, 6) is -3.78. The zero-order chi connectivity index (χ0) is 19.2. The Kier molecular flexibility index (Phi) is 6.78. The highest BCUT2D eigenvalue weighted by atomic mass is 32.2. The summed E-state index contributed by atoms with van der Waals surface area (Å²) in [7, 11) is 0. The van der Waals surface area contributed by atoms with Gasteiger partial charge in [0.25, 0.3) is 17.6 Å². The number of thiophene rings is 1. The zero-order valence-corrected chi connectivity index (χ0v) is 16.1. The van der Waals surface area contributed by atoms with E-state index in [0.29, 0.717) is 4.88 Å². The summed E-state index contributed by atoms with van der Waals surface area (Å²) >= 11 is 1.64. The van der Waals surface area contributed by atoms with Gasteiger partial charge in [-0.15, -0.1) is 11.3 Å². The summed E-state index contributed by atoms with van der Waals surface area (Å²) in [6.07, 6.45) is 7.93. The smallest absolute Gasteiger partial charge is 0.267 e. The minimum atomic E-state index is -2.69. The van der Waals surface area contributed by atoms with Crippen LogP contribution in [0.4, 0.5) is 8.78 Å². The van der Waals surface area contributed by atoms with Crippen LogP contribution in [0.15, 0.2) is 29.4 Å². The Bertz CT molecular complexity index is 801. The Balaban J connectivity index is 1.64. The topological polar surface area (TPSA) is 71.1 Å². The van der Waals surface area contributed by atoms with Crippen LogP contribution in [-0.2, 0) is 12.8 Å². The Hall–Kier alpha value is -2.00. The molecule has 2 amide bonds. The second kappa shape index (κ2) is 9.27. The molecule has 0 spiro atoms. The molecule has 1 aliphatic carbocycles. The van der Waals surface area contributed by atoms with Crippen LogP contribution in [0.5, 0.6) is 0 Å². The summed E-state index contributed by atoms with van der Waals surface area (Å²) in [6.45, 7) is 0. The number of nitrogens with one attached hydrogen (secondary N) is 2. The molecular weight excluding hydrogens is 392 g/mol. The lowest BCUT2D eigenvalue weighted by atomic mass is 10.00. The van der Waals surface area contributed by atoms with Crippen LogP contribution in [0, 0.1) is 0 Å². The average molecular weight is 411 g/mol. The largest absolute Gasteiger partial charge is 0.290 e. The molecule has 0 atom stereocenters. The van der Waals surface area contributed by atoms with Gasteiger partial charge in [0.15, 0.2) is 0 Å². The van der Waals surface area contributed by atoms with Crippen LogP contribution in [0.1, 0.15) is 56.2 Å². The number of hydrazine groups is 1. The second-order valence-electron chi connectivity index (χ2n) is 6.12. The maximum atomic E-state index is 12.6. The molecule has 2 aromatic rings. The van der Waals surface area contributed by atoms with E-state index in [-0.39, 0.29) is 22.4 Å². The number of thioether (sulfide) groups is 1. The van der Waals surface area contributed by atoms with Gasteiger partial charge in [0.2, 0.25) is 0 Å². The van der Waals surface area contributed by atoms with Gasteiger partial charge >= 0.3 is 0 Å². The number of halogens is 2. The summed E-state index contributed by atoms with van der Waals surface area (Å²) in [5, 5.41) is -0.0849. The first kappa shape index (κ1) is 19.8. The third-order valence-electron chi connectivity index (χ3n) is 4.23. The van der Waals surface area contributed by atoms with E-state index in [1.165, 1.54) is 52.9 Å². The lowest BCUT2D eigenvalue weighted by molar-refractivity contribution is 0.0846. The molecule has 0 bridgehead atoms. The highest BCUT2D eigenvalue weighted by Crippen LogP contribution is 2.28. The number of aryl methyl sites for hydroxylation is 2. The number of carbonyl (C=O) groups excluding carboxylic acids is 2. The van der Waals surface area contributed by atoms with E-state index in [1.54, 1.807) is 0 Å². The fourth-order valence-corrected chi connectivity index (χ4v) is 4.67. The van der Waals surface area contributed by atoms with E-state index >= 15 is 0 Å². The van der Waals surface area contributed by atoms with Gasteiger partial charge in [-0.2, -0.15) is 8.78 Å². The molecule has 5 nitrogen and oxygen atoms in total. The van der Waals surface area contributed by atoms with Gasteiger partial charge in [-0.05, 0) is 61.2 Å². The summed E-state index contributed by atoms with van der Waals surface area (Å²) in [6, 6.07) is 4.75. The molecule has 0 saturated heterocycles. The molecule has 0 radical (unpaired) electrons. The lowest BCUT2D eigenvalue weighted by Crippen LogP contribution is -2.41. The first-order chi connectivity index (χ1) is 13.0. The van der Waals surface area contributed by atoms with Crippen molar-refractivity contribution in [3.05, 3.63) is 45.3 Å². The minimum absolute atomic E-state index is 0.0125. The monoisotopic (exact) mass is 411 g/mol. The van der Waals surface area contributed by atoms with Crippen molar-refractivity contribution in [2.45, 2.75) is 49.3 Å². The number of hydrogen-bond donors (Lipinski definition) is 2. The van der Waals surface area contributed by atoms with E-state index in [4.69, 9.17) is 0 Å². The second-order valence-corrected chi connectivity index (χ2v) is 8.23. The van der Waals surface area contributed by atoms with E-state index in [1.807, 2.05) is 6.07 Å². The van der Waals surface area contributed by atoms with Crippen molar-refractivity contribution in [1.29, 1.82) is 0 Å². The molecular formula is C18H19F2N3O2S2. The van der Waals surface area contributed by atoms with Gasteiger partial charge in [-0.1, -0.05) is 12.8 Å². The lowest BCUT2D eigenvalue weighted by Gasteiger charge is -2.09. The number of carbonyl (C=O) groups is 2. The van der Waals surface area contributed by atoms with Gasteiger partial charge in [-0.3, -0.25) is 20.4 Å². The van der Waals surface area contributed by atoms with Gasteiger partial charge in [0.05, 0.1) is 10.4 Å². The van der Waals surface area contributed by atoms with E-state index in [9.17, 15) is 18.4 Å². The predicted octanol–water partition coefficient (Wildman–Crippen LogP) is 4.19. The number of amides is 2. The molecule has 2 N–H and O–H groups in total. The molecule has 9 heteroatoms. The molecule has 0 unspecified atom stereocenters. The predicted molar refractivity (Wildman–Crippen MR) is 101 cm³/mol. The standard InChI is InChI=1S/C18H19F2N3O2S2/c19-18(20)27-17-12(7-5-9-21-17)15(24)22-23-16(25)14-10-11-6-3-1-2-4-8-13(11)26-14/h5,7,9-10,18H,1-4,6,8H2,(H,22,24)(H,23,25). The van der Waals surface area contributed by atoms with Gasteiger partial charge in [0, 0.05) is 11.1 Å². The summed E-state index contributed by atoms with van der Waals surface area (Å²) in [5.41, 5.74) is 5.85. The highest BCUT2D eigenvalue weighted by molar-refractivity contribution is 7.99. The van der Waals surface area contributed by atoms with Crippen LogP contribution in [0.25, 0.3) is 0 Å². The number of alkyl halides is 2. The Morgan fingerprint density at radius 2 is 1.85 bits per heavy atom. The highest BCUT2D eigenvalue weighted by Gasteiger charge is 2.19. The average Bonchev–Trinajstić information content (AvgIpc) is 3.01. The third kappa shape index (κ3) is 5.26. The first-order valence-electron chi connectivity index (χ1n) is 8.66. The number of hydrogen-bond acceptors (Lipinski definition) is 5. The molecule has 2 heterocycles. The summed E-state index contributed by atoms with van der Waals surface area (Å²) < 4.78 is 25.2. The van der Waals surface area contributed by atoms with Crippen LogP contribution >= 0.6 is 23.1 Å². The van der Waals surface area contributed by atoms with Crippen LogP contribution in [-0.4, -0.2) is 22.6 Å². The molecule has 1 aliphatic rings. The minimum Gasteiger partial charge on any atom is -0.267 e. The quantitative estimate of drug-likeness (QED) is 0.585. The molecule has 2 aromatic heterocycles. The SMILES string of the molecule is O=C(NNC(=O)c1cccnc1SC(F)F)c1cc2c(s1)CCCCCC2. The Labute approximate surface area is 163 Å². The Morgan fingerprint density at radius 1 is 1.11 bits per heavy atom. The van der Waals surface area contributed by atoms with E-state index in [2.05, 4.69) is 15.8 Å². The van der Waals surface area contributed by atoms with Crippen molar-refractivity contribution < 1.29 is 18.4 Å². The molecule has 27 heavy (non-hydrogen) atoms. The third-order valence-corrected chi connectivity index (χ3v) is 6.19. The van der Waals surface area contributed by atoms with Crippen molar-refractivity contribution in [1.82, 2.24) is 15.8 Å². The van der Waals surface area contributed by atoms with Crippen LogP contribution < -0.4 is 10.9 Å². The number of fused-ring (bicyclic) bond motifs is 1. The molecule has 0 aromatic carbocycles. The number of aromatic nitrogens is 1. The molecule has 144 valence electrons. The zero-order valence-electron chi connectivity index (χ0n) is 14.5. The van der Waals surface area contributed by atoms with E-state index < -0.39 is 17.6 Å². The van der Waals surface area contributed by atoms with Crippen LogP contribution in [0.2, 0.25) is 0 Å². The van der Waals surface area contributed by atoms with Crippen molar-refractivity contribution in [2.75, 3.05) is 0 Å². The van der Waals surface area contributed by atoms with Crippen molar-refractivity contribution >= 4 is 34.9 Å². The summed E-state index contributed by atoms with van der Waals surface area (Å²) in [4.78, 5) is 30.2. The van der Waals surface area contributed by atoms with Gasteiger partial charge in [-0.25, -0.2) is 4.98 Å². The fraction of sp³-hybridized carbons (Fsp3) is 0.389. The number of nitrogens with zero attached hydrogens (tertiary/aromatic N) is 1. The fourth-order valence-electron chi connectivity index (χ4n) is 2.94. The van der Waals surface area contributed by atoms with Crippen molar-refractivity contribution in [3.63, 3.8) is 0 Å². The molecule has 0 aliphatic heterocycles. The van der Waals surface area contributed by atoms with Crippen molar-refractivity contribution in [2.24, 2.45) is 0 Å². The Morgan fingerprint density at radius 3 is 2.63 bits per heavy atom. The first-order valence-corrected chi connectivity index (χ1v) is 10.4. The number of rotatable bonds is 4. The normalized spacial score (nSPS) is 14.2.